The van der Waals surface area contributed by atoms with Crippen molar-refractivity contribution >= 4 is 5.78 Å². The predicted octanol–water partition coefficient (Wildman–Crippen LogP) is 3.26. The zero-order valence-electron chi connectivity index (χ0n) is 14.8. The summed E-state index contributed by atoms with van der Waals surface area (Å²) in [5.41, 5.74) is 1.24. The van der Waals surface area contributed by atoms with E-state index < -0.39 is 5.41 Å². The monoisotopic (exact) mass is 325 g/mol. The number of aliphatic hydroxyl groups excluding tert-OH is 1. The summed E-state index contributed by atoms with van der Waals surface area (Å²) in [7, 11) is 4.06. The topological polar surface area (TPSA) is 40.5 Å². The lowest BCUT2D eigenvalue weighted by Crippen LogP contribution is -2.43. The highest BCUT2D eigenvalue weighted by atomic mass is 16.3. The lowest BCUT2D eigenvalue weighted by molar-refractivity contribution is -0.124. The molecule has 3 heteroatoms. The fourth-order valence-corrected chi connectivity index (χ4v) is 3.22. The van der Waals surface area contributed by atoms with Crippen LogP contribution in [0.25, 0.3) is 0 Å². The van der Waals surface area contributed by atoms with Gasteiger partial charge in [0, 0.05) is 12.5 Å². The number of carbonyl (C=O) groups is 1. The van der Waals surface area contributed by atoms with Gasteiger partial charge < -0.3 is 10.0 Å². The summed E-state index contributed by atoms with van der Waals surface area (Å²) in [6.45, 7) is 2.00. The smallest absolute Gasteiger partial charge is 0.150 e. The normalized spacial score (nSPS) is 13.0. The van der Waals surface area contributed by atoms with Crippen molar-refractivity contribution in [3.8, 4) is 0 Å². The molecular weight excluding hydrogens is 298 g/mol. The lowest BCUT2D eigenvalue weighted by atomic mass is 9.67. The molecule has 2 aromatic rings. The Kier molecular flexibility index (Phi) is 6.29. The zero-order valence-corrected chi connectivity index (χ0v) is 14.8. The van der Waals surface area contributed by atoms with Gasteiger partial charge in [-0.3, -0.25) is 4.79 Å². The molecule has 0 aliphatic rings. The van der Waals surface area contributed by atoms with Crippen LogP contribution in [0.4, 0.5) is 0 Å². The molecule has 1 N–H and O–H groups in total. The van der Waals surface area contributed by atoms with Gasteiger partial charge in [-0.1, -0.05) is 60.7 Å². The SMILES string of the molecule is CC(CC(C(=O)CCO)(c1ccccc1)c1ccccc1)N(C)C. The van der Waals surface area contributed by atoms with Crippen LogP contribution in [0.2, 0.25) is 0 Å². The molecule has 3 nitrogen and oxygen atoms in total. The second-order valence-electron chi connectivity index (χ2n) is 6.55. The first kappa shape index (κ1) is 18.4. The van der Waals surface area contributed by atoms with Crippen LogP contribution in [0.1, 0.15) is 30.9 Å². The van der Waals surface area contributed by atoms with Crippen LogP contribution in [0.15, 0.2) is 60.7 Å². The first-order valence-electron chi connectivity index (χ1n) is 8.44. The molecule has 24 heavy (non-hydrogen) atoms. The Balaban J connectivity index is 2.65. The van der Waals surface area contributed by atoms with E-state index >= 15 is 0 Å². The summed E-state index contributed by atoms with van der Waals surface area (Å²) in [5.74, 6) is 0.0658. The number of nitrogens with zero attached hydrogens (tertiary/aromatic N) is 1. The number of carbonyl (C=O) groups excluding carboxylic acids is 1. The van der Waals surface area contributed by atoms with Crippen molar-refractivity contribution in [2.45, 2.75) is 31.2 Å². The average molecular weight is 325 g/mol. The number of Topliss-reactive ketones (excluding diaryl/α,β-unsaturated/α-hetero) is 1. The first-order chi connectivity index (χ1) is 11.5. The van der Waals surface area contributed by atoms with Crippen molar-refractivity contribution in [2.24, 2.45) is 0 Å². The standard InChI is InChI=1S/C21H27NO2/c1-17(22(2)3)16-21(20(24)14-15-23,18-10-6-4-7-11-18)19-12-8-5-9-13-19/h4-13,17,23H,14-16H2,1-3H3. The fraction of sp³-hybridized carbons (Fsp3) is 0.381. The minimum absolute atomic E-state index is 0.0658. The van der Waals surface area contributed by atoms with E-state index in [-0.39, 0.29) is 24.9 Å². The number of aliphatic hydroxyl groups is 1. The molecule has 1 unspecified atom stereocenters. The number of benzene rings is 2. The summed E-state index contributed by atoms with van der Waals surface area (Å²) in [5, 5.41) is 9.41. The van der Waals surface area contributed by atoms with Crippen LogP contribution < -0.4 is 0 Å². The minimum Gasteiger partial charge on any atom is -0.396 e. The molecule has 0 fully saturated rings. The van der Waals surface area contributed by atoms with Gasteiger partial charge in [-0.05, 0) is 38.6 Å². The molecule has 0 spiro atoms. The molecule has 0 radical (unpaired) electrons. The fourth-order valence-electron chi connectivity index (χ4n) is 3.22. The number of hydrogen-bond donors (Lipinski definition) is 1. The average Bonchev–Trinajstić information content (AvgIpc) is 2.61. The first-order valence-corrected chi connectivity index (χ1v) is 8.44. The van der Waals surface area contributed by atoms with Crippen LogP contribution in [0.5, 0.6) is 0 Å². The molecule has 0 aromatic heterocycles. The van der Waals surface area contributed by atoms with Crippen molar-refractivity contribution in [3.05, 3.63) is 71.8 Å². The van der Waals surface area contributed by atoms with Gasteiger partial charge in [-0.15, -0.1) is 0 Å². The summed E-state index contributed by atoms with van der Waals surface area (Å²) >= 11 is 0. The third-order valence-corrected chi connectivity index (χ3v) is 4.83. The molecule has 2 rings (SSSR count). The number of hydrogen-bond acceptors (Lipinski definition) is 3. The third kappa shape index (κ3) is 3.74. The maximum Gasteiger partial charge on any atom is 0.150 e. The van der Waals surface area contributed by atoms with Crippen LogP contribution >= 0.6 is 0 Å². The van der Waals surface area contributed by atoms with Gasteiger partial charge in [-0.2, -0.15) is 0 Å². The Morgan fingerprint density at radius 1 is 1.00 bits per heavy atom. The van der Waals surface area contributed by atoms with E-state index in [2.05, 4.69) is 11.8 Å². The summed E-state index contributed by atoms with van der Waals surface area (Å²) in [4.78, 5) is 15.4. The van der Waals surface area contributed by atoms with Gasteiger partial charge in [0.2, 0.25) is 0 Å². The molecule has 1 atom stereocenters. The van der Waals surface area contributed by atoms with Gasteiger partial charge >= 0.3 is 0 Å². The summed E-state index contributed by atoms with van der Waals surface area (Å²) in [6.07, 6.45) is 0.830. The maximum absolute atomic E-state index is 13.2. The van der Waals surface area contributed by atoms with E-state index in [0.29, 0.717) is 6.42 Å². The van der Waals surface area contributed by atoms with Gasteiger partial charge in [0.25, 0.3) is 0 Å². The van der Waals surface area contributed by atoms with E-state index in [0.717, 1.165) is 11.1 Å². The van der Waals surface area contributed by atoms with Crippen LogP contribution in [-0.2, 0) is 10.2 Å². The highest BCUT2D eigenvalue weighted by Crippen LogP contribution is 2.39. The molecule has 0 bridgehead atoms. The molecular formula is C21H27NO2. The van der Waals surface area contributed by atoms with Gasteiger partial charge in [-0.25, -0.2) is 0 Å². The van der Waals surface area contributed by atoms with E-state index in [9.17, 15) is 9.90 Å². The molecule has 2 aromatic carbocycles. The van der Waals surface area contributed by atoms with E-state index in [1.807, 2.05) is 74.8 Å². The predicted molar refractivity (Wildman–Crippen MR) is 98.1 cm³/mol. The quantitative estimate of drug-likeness (QED) is 0.810. The van der Waals surface area contributed by atoms with Crippen LogP contribution in [0, 0.1) is 0 Å². The maximum atomic E-state index is 13.2. The largest absolute Gasteiger partial charge is 0.396 e. The molecule has 0 amide bonds. The minimum atomic E-state index is -0.741. The van der Waals surface area contributed by atoms with Crippen molar-refractivity contribution in [3.63, 3.8) is 0 Å². The Hall–Kier alpha value is -1.97. The van der Waals surface area contributed by atoms with Crippen LogP contribution in [-0.4, -0.2) is 42.5 Å². The second-order valence-corrected chi connectivity index (χ2v) is 6.55. The number of rotatable bonds is 8. The zero-order chi connectivity index (χ0) is 17.6. The lowest BCUT2D eigenvalue weighted by Gasteiger charge is -2.37. The van der Waals surface area contributed by atoms with Gasteiger partial charge in [0.1, 0.15) is 5.78 Å². The summed E-state index contributed by atoms with van der Waals surface area (Å²) < 4.78 is 0. The molecule has 0 saturated carbocycles. The van der Waals surface area contributed by atoms with Crippen molar-refractivity contribution < 1.29 is 9.90 Å². The number of ketones is 1. The van der Waals surface area contributed by atoms with Crippen molar-refractivity contribution in [1.82, 2.24) is 4.90 Å². The van der Waals surface area contributed by atoms with Crippen molar-refractivity contribution in [1.29, 1.82) is 0 Å². The molecule has 0 heterocycles. The molecule has 0 aliphatic carbocycles. The Labute approximate surface area is 144 Å². The Morgan fingerprint density at radius 3 is 1.83 bits per heavy atom. The highest BCUT2D eigenvalue weighted by molar-refractivity contribution is 5.94. The highest BCUT2D eigenvalue weighted by Gasteiger charge is 2.42. The molecule has 0 aliphatic heterocycles. The van der Waals surface area contributed by atoms with Gasteiger partial charge in [0.15, 0.2) is 0 Å². The van der Waals surface area contributed by atoms with Gasteiger partial charge in [0.05, 0.1) is 12.0 Å². The second kappa shape index (κ2) is 8.22. The van der Waals surface area contributed by atoms with E-state index in [1.165, 1.54) is 0 Å². The van der Waals surface area contributed by atoms with E-state index in [4.69, 9.17) is 0 Å². The van der Waals surface area contributed by atoms with E-state index in [1.54, 1.807) is 0 Å². The molecule has 128 valence electrons. The third-order valence-electron chi connectivity index (χ3n) is 4.83. The Morgan fingerprint density at radius 2 is 1.46 bits per heavy atom. The Bertz CT molecular complexity index is 598. The molecule has 0 saturated heterocycles. The van der Waals surface area contributed by atoms with Crippen molar-refractivity contribution in [2.75, 3.05) is 20.7 Å². The summed E-state index contributed by atoms with van der Waals surface area (Å²) in [6, 6.07) is 20.1. The van der Waals surface area contributed by atoms with Crippen LogP contribution in [0.3, 0.4) is 0 Å².